The fraction of sp³-hybridized carbons (Fsp3) is 0.389. The van der Waals surface area contributed by atoms with Crippen LogP contribution in [0.5, 0.6) is 11.5 Å². The molecule has 8 nitrogen and oxygen atoms in total. The normalized spacial score (nSPS) is 13.0. The minimum absolute atomic E-state index is 0.240. The van der Waals surface area contributed by atoms with E-state index < -0.39 is 0 Å². The van der Waals surface area contributed by atoms with Crippen molar-refractivity contribution in [3.05, 3.63) is 35.9 Å². The molecule has 1 heterocycles. The highest BCUT2D eigenvalue weighted by Crippen LogP contribution is 2.27. The maximum absolute atomic E-state index is 11.6. The molecule has 1 aliphatic rings. The summed E-state index contributed by atoms with van der Waals surface area (Å²) in [6, 6.07) is 9.42. The summed E-state index contributed by atoms with van der Waals surface area (Å²) < 4.78 is 10.5. The Morgan fingerprint density at radius 2 is 1.81 bits per heavy atom. The third-order valence-corrected chi connectivity index (χ3v) is 3.99. The Morgan fingerprint density at radius 3 is 2.46 bits per heavy atom. The van der Waals surface area contributed by atoms with E-state index in [0.29, 0.717) is 35.7 Å². The topological polar surface area (TPSA) is 97.4 Å². The lowest BCUT2D eigenvalue weighted by Gasteiger charge is -2.10. The van der Waals surface area contributed by atoms with Gasteiger partial charge in [-0.25, -0.2) is 4.79 Å². The second kappa shape index (κ2) is 8.37. The number of benzene rings is 1. The smallest absolute Gasteiger partial charge is 0.320 e. The quantitative estimate of drug-likeness (QED) is 0.671. The number of ether oxygens (including phenoxy) is 2. The van der Waals surface area contributed by atoms with E-state index in [2.05, 4.69) is 26.1 Å². The Labute approximate surface area is 152 Å². The van der Waals surface area contributed by atoms with Gasteiger partial charge in [0, 0.05) is 12.6 Å². The Hall–Kier alpha value is -3.03. The summed E-state index contributed by atoms with van der Waals surface area (Å²) in [4.78, 5) is 11.6. The van der Waals surface area contributed by atoms with Crippen molar-refractivity contribution in [1.82, 2.24) is 15.5 Å². The lowest BCUT2D eigenvalue weighted by molar-refractivity contribution is 0.251. The van der Waals surface area contributed by atoms with Crippen molar-refractivity contribution in [3.63, 3.8) is 0 Å². The number of amides is 2. The third kappa shape index (κ3) is 4.98. The van der Waals surface area contributed by atoms with Crippen LogP contribution in [-0.2, 0) is 6.42 Å². The zero-order valence-corrected chi connectivity index (χ0v) is 14.9. The zero-order chi connectivity index (χ0) is 18.4. The van der Waals surface area contributed by atoms with Gasteiger partial charge in [0.2, 0.25) is 0 Å². The van der Waals surface area contributed by atoms with Crippen LogP contribution in [0.1, 0.15) is 18.4 Å². The van der Waals surface area contributed by atoms with Crippen molar-refractivity contribution in [2.45, 2.75) is 25.3 Å². The molecule has 0 saturated heterocycles. The van der Waals surface area contributed by atoms with Gasteiger partial charge in [0.05, 0.1) is 14.2 Å². The number of carbonyl (C=O) groups excluding carboxylic acids is 1. The van der Waals surface area contributed by atoms with E-state index in [4.69, 9.17) is 9.47 Å². The standard InChI is InChI=1S/C18H23N5O3/c1-25-14-6-3-12(11-15(14)26-2)9-10-19-16-7-8-17(23-22-16)21-18(24)20-13-4-5-13/h3,6-8,11,13H,4-5,9-10H2,1-2H3,(H,19,22)(H2,20,21,23,24). The molecule has 0 aliphatic heterocycles. The minimum atomic E-state index is -0.240. The molecule has 2 aromatic rings. The van der Waals surface area contributed by atoms with E-state index >= 15 is 0 Å². The van der Waals surface area contributed by atoms with Crippen LogP contribution in [0, 0.1) is 0 Å². The van der Waals surface area contributed by atoms with E-state index in [0.717, 1.165) is 24.8 Å². The number of hydrogen-bond acceptors (Lipinski definition) is 6. The maximum Gasteiger partial charge on any atom is 0.320 e. The average molecular weight is 357 g/mol. The second-order valence-corrected chi connectivity index (χ2v) is 6.04. The van der Waals surface area contributed by atoms with Crippen LogP contribution in [0.25, 0.3) is 0 Å². The molecule has 8 heteroatoms. The van der Waals surface area contributed by atoms with Gasteiger partial charge in [-0.15, -0.1) is 10.2 Å². The number of urea groups is 1. The molecule has 1 saturated carbocycles. The number of nitrogens with one attached hydrogen (secondary N) is 3. The van der Waals surface area contributed by atoms with Crippen LogP contribution in [0.3, 0.4) is 0 Å². The second-order valence-electron chi connectivity index (χ2n) is 6.04. The Balaban J connectivity index is 1.46. The number of rotatable bonds is 8. The number of aromatic nitrogens is 2. The molecule has 1 aromatic carbocycles. The fourth-order valence-corrected chi connectivity index (χ4v) is 2.43. The summed E-state index contributed by atoms with van der Waals surface area (Å²) in [5, 5.41) is 16.8. The molecule has 2 amide bonds. The minimum Gasteiger partial charge on any atom is -0.493 e. The predicted molar refractivity (Wildman–Crippen MR) is 98.9 cm³/mol. The molecule has 0 bridgehead atoms. The Kier molecular flexibility index (Phi) is 5.73. The van der Waals surface area contributed by atoms with Gasteiger partial charge in [0.1, 0.15) is 5.82 Å². The third-order valence-electron chi connectivity index (χ3n) is 3.99. The SMILES string of the molecule is COc1ccc(CCNc2ccc(NC(=O)NC3CC3)nn2)cc1OC. The molecule has 3 N–H and O–H groups in total. The number of methoxy groups -OCH3 is 2. The first kappa shape index (κ1) is 17.8. The highest BCUT2D eigenvalue weighted by atomic mass is 16.5. The summed E-state index contributed by atoms with van der Waals surface area (Å²) in [6.45, 7) is 0.694. The molecule has 3 rings (SSSR count). The molecule has 0 spiro atoms. The van der Waals surface area contributed by atoms with Crippen molar-refractivity contribution < 1.29 is 14.3 Å². The highest BCUT2D eigenvalue weighted by molar-refractivity contribution is 5.88. The molecule has 26 heavy (non-hydrogen) atoms. The fourth-order valence-electron chi connectivity index (χ4n) is 2.43. The van der Waals surface area contributed by atoms with Gasteiger partial charge in [0.25, 0.3) is 0 Å². The van der Waals surface area contributed by atoms with Crippen molar-refractivity contribution in [2.24, 2.45) is 0 Å². The molecule has 0 unspecified atom stereocenters. The number of nitrogens with zero attached hydrogens (tertiary/aromatic N) is 2. The van der Waals surface area contributed by atoms with Gasteiger partial charge in [-0.1, -0.05) is 6.07 Å². The van der Waals surface area contributed by atoms with Crippen molar-refractivity contribution in [1.29, 1.82) is 0 Å². The van der Waals surface area contributed by atoms with Gasteiger partial charge in [-0.3, -0.25) is 5.32 Å². The Morgan fingerprint density at radius 1 is 1.08 bits per heavy atom. The molecule has 138 valence electrons. The first-order valence-electron chi connectivity index (χ1n) is 8.54. The zero-order valence-electron chi connectivity index (χ0n) is 14.9. The summed E-state index contributed by atoms with van der Waals surface area (Å²) in [5.74, 6) is 2.50. The number of hydrogen-bond donors (Lipinski definition) is 3. The molecule has 1 aromatic heterocycles. The van der Waals surface area contributed by atoms with Gasteiger partial charge in [-0.2, -0.15) is 0 Å². The van der Waals surface area contributed by atoms with Crippen LogP contribution in [0.15, 0.2) is 30.3 Å². The van der Waals surface area contributed by atoms with Crippen molar-refractivity contribution >= 4 is 17.7 Å². The van der Waals surface area contributed by atoms with Gasteiger partial charge in [-0.05, 0) is 49.1 Å². The molecule has 0 atom stereocenters. The summed E-state index contributed by atoms with van der Waals surface area (Å²) in [6.07, 6.45) is 2.88. The van der Waals surface area contributed by atoms with Crippen LogP contribution in [0.4, 0.5) is 16.4 Å². The predicted octanol–water partition coefficient (Wildman–Crippen LogP) is 2.43. The van der Waals surface area contributed by atoms with Crippen LogP contribution in [-0.4, -0.2) is 43.0 Å². The van der Waals surface area contributed by atoms with Crippen molar-refractivity contribution in [2.75, 3.05) is 31.4 Å². The number of carbonyl (C=O) groups is 1. The lowest BCUT2D eigenvalue weighted by Crippen LogP contribution is -2.30. The maximum atomic E-state index is 11.6. The van der Waals surface area contributed by atoms with Crippen LogP contribution in [0.2, 0.25) is 0 Å². The first-order valence-corrected chi connectivity index (χ1v) is 8.54. The van der Waals surface area contributed by atoms with E-state index in [1.165, 1.54) is 0 Å². The summed E-state index contributed by atoms with van der Waals surface area (Å²) in [5.41, 5.74) is 1.12. The molecule has 1 aliphatic carbocycles. The van der Waals surface area contributed by atoms with Gasteiger partial charge in [0.15, 0.2) is 17.3 Å². The van der Waals surface area contributed by atoms with Gasteiger partial charge >= 0.3 is 6.03 Å². The average Bonchev–Trinajstić information content (AvgIpc) is 3.46. The monoisotopic (exact) mass is 357 g/mol. The molecule has 1 fully saturated rings. The first-order chi connectivity index (χ1) is 12.7. The summed E-state index contributed by atoms with van der Waals surface area (Å²) >= 11 is 0. The molecular weight excluding hydrogens is 334 g/mol. The summed E-state index contributed by atoms with van der Waals surface area (Å²) in [7, 11) is 3.24. The Bertz CT molecular complexity index is 747. The van der Waals surface area contributed by atoms with E-state index in [-0.39, 0.29) is 6.03 Å². The van der Waals surface area contributed by atoms with Crippen molar-refractivity contribution in [3.8, 4) is 11.5 Å². The van der Waals surface area contributed by atoms with E-state index in [1.807, 2.05) is 18.2 Å². The molecule has 0 radical (unpaired) electrons. The van der Waals surface area contributed by atoms with Crippen LogP contribution >= 0.6 is 0 Å². The molecular formula is C18H23N5O3. The van der Waals surface area contributed by atoms with Crippen LogP contribution < -0.4 is 25.4 Å². The number of anilines is 2. The lowest BCUT2D eigenvalue weighted by atomic mass is 10.1. The highest BCUT2D eigenvalue weighted by Gasteiger charge is 2.23. The largest absolute Gasteiger partial charge is 0.493 e. The van der Waals surface area contributed by atoms with Gasteiger partial charge < -0.3 is 20.1 Å². The van der Waals surface area contributed by atoms with E-state index in [9.17, 15) is 4.79 Å². The van der Waals surface area contributed by atoms with E-state index in [1.54, 1.807) is 26.4 Å².